The number of nitrogens with zero attached hydrogens (tertiary/aromatic N) is 1. The molecule has 1 aromatic carbocycles. The fraction of sp³-hybridized carbons (Fsp3) is 0.294. The van der Waals surface area contributed by atoms with Gasteiger partial charge in [0.1, 0.15) is 0 Å². The van der Waals surface area contributed by atoms with Crippen molar-refractivity contribution in [3.8, 4) is 0 Å². The van der Waals surface area contributed by atoms with Gasteiger partial charge in [-0.05, 0) is 59.1 Å². The zero-order chi connectivity index (χ0) is 16.4. The van der Waals surface area contributed by atoms with Crippen LogP contribution >= 0.6 is 27.3 Å². The molecule has 6 heteroatoms. The van der Waals surface area contributed by atoms with Crippen LogP contribution in [0.2, 0.25) is 0 Å². The Hall–Kier alpha value is -1.66. The van der Waals surface area contributed by atoms with Crippen LogP contribution in [0.3, 0.4) is 0 Å². The Balaban J connectivity index is 1.67. The number of nitrogens with one attached hydrogen (secondary N) is 1. The summed E-state index contributed by atoms with van der Waals surface area (Å²) in [6, 6.07) is 11.1. The number of hydrogen-bond acceptors (Lipinski definition) is 3. The normalized spacial score (nSPS) is 13.7. The minimum absolute atomic E-state index is 0.0476. The molecular weight excluding hydrogens is 376 g/mol. The molecule has 4 nitrogen and oxygen atoms in total. The van der Waals surface area contributed by atoms with Gasteiger partial charge in [-0.15, -0.1) is 11.3 Å². The fourth-order valence-corrected chi connectivity index (χ4v) is 3.82. The molecule has 1 fully saturated rings. The van der Waals surface area contributed by atoms with Gasteiger partial charge in [0.15, 0.2) is 0 Å². The minimum atomic E-state index is -0.0583. The van der Waals surface area contributed by atoms with Crippen LogP contribution < -0.4 is 5.32 Å². The van der Waals surface area contributed by atoms with Crippen LogP contribution in [-0.4, -0.2) is 23.8 Å². The maximum Gasteiger partial charge on any atom is 0.253 e. The molecule has 23 heavy (non-hydrogen) atoms. The molecule has 1 aromatic heterocycles. The largest absolute Gasteiger partial charge is 0.337 e. The molecule has 1 saturated carbocycles. The third kappa shape index (κ3) is 4.20. The second-order valence-corrected chi connectivity index (χ2v) is 8.26. The van der Waals surface area contributed by atoms with Crippen molar-refractivity contribution in [1.82, 2.24) is 4.90 Å². The van der Waals surface area contributed by atoms with Crippen LogP contribution in [0.4, 0.5) is 5.69 Å². The number of amides is 2. The third-order valence-electron chi connectivity index (χ3n) is 3.69. The van der Waals surface area contributed by atoms with E-state index in [4.69, 9.17) is 0 Å². The molecule has 120 valence electrons. The number of thiophene rings is 1. The van der Waals surface area contributed by atoms with Crippen LogP contribution in [0.1, 0.15) is 28.1 Å². The number of benzene rings is 1. The predicted molar refractivity (Wildman–Crippen MR) is 95.6 cm³/mol. The van der Waals surface area contributed by atoms with Crippen molar-refractivity contribution in [1.29, 1.82) is 0 Å². The lowest BCUT2D eigenvalue weighted by Gasteiger charge is -2.17. The van der Waals surface area contributed by atoms with E-state index in [2.05, 4.69) is 21.2 Å². The Morgan fingerprint density at radius 2 is 2.09 bits per heavy atom. The summed E-state index contributed by atoms with van der Waals surface area (Å²) in [5, 5.41) is 2.88. The SMILES string of the molecule is CN(Cc1ccc(Br)s1)C(=O)c1cccc(NC(=O)C2CC2)c1. The summed E-state index contributed by atoms with van der Waals surface area (Å²) in [5.41, 5.74) is 1.26. The van der Waals surface area contributed by atoms with Crippen LogP contribution in [0, 0.1) is 5.92 Å². The molecule has 1 aliphatic carbocycles. The van der Waals surface area contributed by atoms with Gasteiger partial charge in [0.25, 0.3) is 5.91 Å². The van der Waals surface area contributed by atoms with E-state index in [-0.39, 0.29) is 17.7 Å². The van der Waals surface area contributed by atoms with Crippen molar-refractivity contribution >= 4 is 44.8 Å². The second kappa shape index (κ2) is 6.84. The summed E-state index contributed by atoms with van der Waals surface area (Å²) in [7, 11) is 1.78. The molecular formula is C17H17BrN2O2S. The minimum Gasteiger partial charge on any atom is -0.337 e. The van der Waals surface area contributed by atoms with Gasteiger partial charge in [-0.2, -0.15) is 0 Å². The van der Waals surface area contributed by atoms with Crippen molar-refractivity contribution in [2.75, 3.05) is 12.4 Å². The number of carbonyl (C=O) groups excluding carboxylic acids is 2. The first-order valence-electron chi connectivity index (χ1n) is 7.43. The standard InChI is InChI=1S/C17H17BrN2O2S/c1-20(10-14-7-8-15(18)23-14)17(22)12-3-2-4-13(9-12)19-16(21)11-5-6-11/h2-4,7-9,11H,5-6,10H2,1H3,(H,19,21). The summed E-state index contributed by atoms with van der Waals surface area (Å²) in [6.07, 6.45) is 1.92. The highest BCUT2D eigenvalue weighted by Gasteiger charge is 2.29. The molecule has 0 spiro atoms. The van der Waals surface area contributed by atoms with Gasteiger partial charge in [0, 0.05) is 29.1 Å². The Morgan fingerprint density at radius 1 is 1.30 bits per heavy atom. The van der Waals surface area contributed by atoms with E-state index in [1.54, 1.807) is 41.5 Å². The molecule has 1 heterocycles. The highest BCUT2D eigenvalue weighted by atomic mass is 79.9. The molecule has 1 aliphatic rings. The second-order valence-electron chi connectivity index (χ2n) is 5.71. The third-order valence-corrected chi connectivity index (χ3v) is 5.30. The summed E-state index contributed by atoms with van der Waals surface area (Å²) in [5.74, 6) is 0.137. The predicted octanol–water partition coefficient (Wildman–Crippen LogP) is 4.13. The summed E-state index contributed by atoms with van der Waals surface area (Å²) in [4.78, 5) is 27.2. The van der Waals surface area contributed by atoms with Crippen molar-refractivity contribution in [2.45, 2.75) is 19.4 Å². The van der Waals surface area contributed by atoms with E-state index in [1.807, 2.05) is 18.2 Å². The first-order valence-corrected chi connectivity index (χ1v) is 9.04. The van der Waals surface area contributed by atoms with Crippen LogP contribution in [0.5, 0.6) is 0 Å². The first kappa shape index (κ1) is 16.2. The van der Waals surface area contributed by atoms with E-state index >= 15 is 0 Å². The highest BCUT2D eigenvalue weighted by Crippen LogP contribution is 2.30. The van der Waals surface area contributed by atoms with Crippen molar-refractivity contribution < 1.29 is 9.59 Å². The number of halogens is 1. The first-order chi connectivity index (χ1) is 11.0. The number of hydrogen-bond donors (Lipinski definition) is 1. The lowest BCUT2D eigenvalue weighted by Crippen LogP contribution is -2.26. The Labute approximate surface area is 147 Å². The zero-order valence-corrected chi connectivity index (χ0v) is 15.1. The molecule has 0 bridgehead atoms. The maximum absolute atomic E-state index is 12.5. The molecule has 0 aliphatic heterocycles. The Kier molecular flexibility index (Phi) is 4.82. The summed E-state index contributed by atoms with van der Waals surface area (Å²) in [6.45, 7) is 0.563. The maximum atomic E-state index is 12.5. The van der Waals surface area contributed by atoms with Crippen molar-refractivity contribution in [2.24, 2.45) is 5.92 Å². The van der Waals surface area contributed by atoms with Crippen LogP contribution in [0.15, 0.2) is 40.2 Å². The molecule has 2 aromatic rings. The molecule has 0 saturated heterocycles. The van der Waals surface area contributed by atoms with Crippen molar-refractivity contribution in [3.63, 3.8) is 0 Å². The summed E-state index contributed by atoms with van der Waals surface area (Å²) >= 11 is 5.04. The van der Waals surface area contributed by atoms with Gasteiger partial charge in [0.05, 0.1) is 10.3 Å². The lowest BCUT2D eigenvalue weighted by molar-refractivity contribution is -0.117. The molecule has 0 unspecified atom stereocenters. The Bertz CT molecular complexity index is 740. The molecule has 0 radical (unpaired) electrons. The molecule has 0 atom stereocenters. The molecule has 1 N–H and O–H groups in total. The smallest absolute Gasteiger partial charge is 0.253 e. The van der Waals surface area contributed by atoms with Gasteiger partial charge < -0.3 is 10.2 Å². The average molecular weight is 393 g/mol. The molecule has 3 rings (SSSR count). The zero-order valence-electron chi connectivity index (χ0n) is 12.7. The van der Waals surface area contributed by atoms with E-state index in [0.717, 1.165) is 21.5 Å². The van der Waals surface area contributed by atoms with Crippen LogP contribution in [0.25, 0.3) is 0 Å². The van der Waals surface area contributed by atoms with Gasteiger partial charge >= 0.3 is 0 Å². The van der Waals surface area contributed by atoms with Gasteiger partial charge in [0.2, 0.25) is 5.91 Å². The van der Waals surface area contributed by atoms with Crippen LogP contribution in [-0.2, 0) is 11.3 Å². The molecule has 2 amide bonds. The fourth-order valence-electron chi connectivity index (χ4n) is 2.28. The van der Waals surface area contributed by atoms with Gasteiger partial charge in [-0.3, -0.25) is 9.59 Å². The monoisotopic (exact) mass is 392 g/mol. The Morgan fingerprint density at radius 3 is 2.74 bits per heavy atom. The van der Waals surface area contributed by atoms with Crippen molar-refractivity contribution in [3.05, 3.63) is 50.6 Å². The topological polar surface area (TPSA) is 49.4 Å². The van der Waals surface area contributed by atoms with E-state index in [0.29, 0.717) is 17.8 Å². The van der Waals surface area contributed by atoms with E-state index in [9.17, 15) is 9.59 Å². The average Bonchev–Trinajstić information content (AvgIpc) is 3.30. The number of rotatable bonds is 5. The van der Waals surface area contributed by atoms with Gasteiger partial charge in [-0.1, -0.05) is 6.07 Å². The quantitative estimate of drug-likeness (QED) is 0.831. The lowest BCUT2D eigenvalue weighted by atomic mass is 10.1. The van der Waals surface area contributed by atoms with E-state index < -0.39 is 0 Å². The number of anilines is 1. The van der Waals surface area contributed by atoms with E-state index in [1.165, 1.54) is 0 Å². The number of carbonyl (C=O) groups is 2. The summed E-state index contributed by atoms with van der Waals surface area (Å²) < 4.78 is 1.05. The highest BCUT2D eigenvalue weighted by molar-refractivity contribution is 9.11. The van der Waals surface area contributed by atoms with Gasteiger partial charge in [-0.25, -0.2) is 0 Å².